The van der Waals surface area contributed by atoms with Gasteiger partial charge >= 0.3 is 0 Å². The number of benzene rings is 1. The average molecular weight is 474 g/mol. The normalized spacial score (nSPS) is 17.7. The Morgan fingerprint density at radius 3 is 2.50 bits per heavy atom. The summed E-state index contributed by atoms with van der Waals surface area (Å²) in [5.41, 5.74) is 2.07. The van der Waals surface area contributed by atoms with Crippen molar-refractivity contribution < 1.29 is 13.9 Å². The summed E-state index contributed by atoms with van der Waals surface area (Å²) < 4.78 is 12.1. The largest absolute Gasteiger partial charge is 0.514 e. The molecule has 0 saturated heterocycles. The van der Waals surface area contributed by atoms with E-state index < -0.39 is 0 Å². The first kappa shape index (κ1) is 24.4. The molecule has 0 spiro atoms. The van der Waals surface area contributed by atoms with Crippen LogP contribution in [-0.2, 0) is 4.79 Å². The molecule has 0 aliphatic heterocycles. The van der Waals surface area contributed by atoms with Gasteiger partial charge in [0, 0.05) is 40.4 Å². The standard InChI is InChI=1S/C22H27B6N5O3/c1-9-4-11(9)19(34)32-17-6-12-13(7-29-17)18(33-21(23,24)25)30-8-14(12)20-31-15-5-10(36-22(26,27)28)2-3-16(15)35-20/h2-3,5-9,11H,4,23-28H2,1H3,(H,30,33)(H,29,32,34)/t9-,11+/m1/s1. The Balaban J connectivity index is 1.59. The van der Waals surface area contributed by atoms with E-state index in [4.69, 9.17) is 14.1 Å². The molecule has 4 aromatic rings. The summed E-state index contributed by atoms with van der Waals surface area (Å²) in [6.45, 7) is 2.08. The second-order valence-electron chi connectivity index (χ2n) is 11.7. The van der Waals surface area contributed by atoms with Crippen molar-refractivity contribution in [1.29, 1.82) is 0 Å². The number of hydrogen-bond donors (Lipinski definition) is 2. The van der Waals surface area contributed by atoms with Gasteiger partial charge in [0.05, 0.1) is 5.56 Å². The molecule has 1 aromatic carbocycles. The highest BCUT2D eigenvalue weighted by Gasteiger charge is 2.39. The second-order valence-corrected chi connectivity index (χ2v) is 11.7. The van der Waals surface area contributed by atoms with E-state index in [0.717, 1.165) is 28.5 Å². The topological polar surface area (TPSA) is 102 Å². The van der Waals surface area contributed by atoms with Crippen LogP contribution in [0.3, 0.4) is 0 Å². The number of carbonyl (C=O) groups excluding carboxylic acids is 1. The first-order valence-electron chi connectivity index (χ1n) is 12.3. The quantitative estimate of drug-likeness (QED) is 0.295. The van der Waals surface area contributed by atoms with Gasteiger partial charge in [-0.25, -0.2) is 15.0 Å². The van der Waals surface area contributed by atoms with E-state index in [9.17, 15) is 4.79 Å². The number of carbonyl (C=O) groups is 1. The van der Waals surface area contributed by atoms with Crippen LogP contribution in [0.2, 0.25) is 0 Å². The van der Waals surface area contributed by atoms with Gasteiger partial charge in [0.15, 0.2) is 5.58 Å². The van der Waals surface area contributed by atoms with Crippen molar-refractivity contribution in [2.24, 2.45) is 11.8 Å². The molecule has 3 aromatic heterocycles. The fourth-order valence-corrected chi connectivity index (χ4v) is 4.17. The Hall–Kier alpha value is -3.29. The van der Waals surface area contributed by atoms with Crippen molar-refractivity contribution in [1.82, 2.24) is 15.0 Å². The number of pyridine rings is 2. The molecule has 2 N–H and O–H groups in total. The first-order chi connectivity index (χ1) is 16.9. The Kier molecular flexibility index (Phi) is 5.88. The molecule has 14 heteroatoms. The van der Waals surface area contributed by atoms with Crippen LogP contribution in [0.5, 0.6) is 5.75 Å². The minimum absolute atomic E-state index is 0.00577. The van der Waals surface area contributed by atoms with Gasteiger partial charge in [-0.15, -0.1) is 0 Å². The van der Waals surface area contributed by atoms with Gasteiger partial charge < -0.3 is 19.8 Å². The highest BCUT2D eigenvalue weighted by atomic mass is 16.5. The van der Waals surface area contributed by atoms with Gasteiger partial charge in [0.2, 0.25) is 11.8 Å². The summed E-state index contributed by atoms with van der Waals surface area (Å²) in [7, 11) is 12.2. The maximum Gasteiger partial charge on any atom is 0.229 e. The molecule has 1 aliphatic rings. The zero-order chi connectivity index (χ0) is 25.8. The zero-order valence-electron chi connectivity index (χ0n) is 21.9. The molecule has 0 unspecified atom stereocenters. The minimum Gasteiger partial charge on any atom is -0.514 e. The molecule has 0 bridgehead atoms. The summed E-state index contributed by atoms with van der Waals surface area (Å²) in [6, 6.07) is 7.49. The highest BCUT2D eigenvalue weighted by Crippen LogP contribution is 2.39. The molecule has 1 amide bonds. The third kappa shape index (κ3) is 5.27. The SMILES string of the molecule is BC(B)(B)Nc1ncc(-c2nc3cc(OC(B)(B)B)ccc3o2)c2cc(NC(=O)[C@H]3C[C@H]3C)ncc12. The summed E-state index contributed by atoms with van der Waals surface area (Å²) in [5.74, 6) is 2.85. The Bertz CT molecular complexity index is 1480. The van der Waals surface area contributed by atoms with Crippen molar-refractivity contribution in [3.05, 3.63) is 36.7 Å². The molecule has 1 aliphatic carbocycles. The third-order valence-corrected chi connectivity index (χ3v) is 5.98. The number of ether oxygens (including phenoxy) is 1. The lowest BCUT2D eigenvalue weighted by Crippen LogP contribution is -2.40. The van der Waals surface area contributed by atoms with Crippen LogP contribution in [-0.4, -0.2) is 78.5 Å². The van der Waals surface area contributed by atoms with Crippen LogP contribution >= 0.6 is 0 Å². The van der Waals surface area contributed by atoms with Crippen molar-refractivity contribution in [3.8, 4) is 17.2 Å². The van der Waals surface area contributed by atoms with Gasteiger partial charge in [-0.05, 0) is 35.8 Å². The van der Waals surface area contributed by atoms with E-state index in [-0.39, 0.29) is 22.4 Å². The molecule has 2 atom stereocenters. The number of aromatic nitrogens is 3. The van der Waals surface area contributed by atoms with Crippen LogP contribution in [0.1, 0.15) is 13.3 Å². The van der Waals surface area contributed by atoms with Crippen molar-refractivity contribution in [2.75, 3.05) is 10.6 Å². The number of anilines is 2. The lowest BCUT2D eigenvalue weighted by Gasteiger charge is -2.23. The molecule has 176 valence electrons. The molecular weight excluding hydrogens is 447 g/mol. The van der Waals surface area contributed by atoms with Gasteiger partial charge in [-0.2, -0.15) is 0 Å². The summed E-state index contributed by atoms with van der Waals surface area (Å²) >= 11 is 0. The molecule has 0 radical (unpaired) electrons. The predicted octanol–water partition coefficient (Wildman–Crippen LogP) is -2.16. The number of nitrogens with one attached hydrogen (secondary N) is 2. The molecule has 8 nitrogen and oxygen atoms in total. The van der Waals surface area contributed by atoms with Crippen LogP contribution < -0.4 is 15.4 Å². The molecule has 5 rings (SSSR count). The number of fused-ring (bicyclic) bond motifs is 2. The van der Waals surface area contributed by atoms with Crippen molar-refractivity contribution in [2.45, 2.75) is 23.9 Å². The monoisotopic (exact) mass is 475 g/mol. The Labute approximate surface area is 215 Å². The number of rotatable bonds is 7. The second kappa shape index (κ2) is 8.68. The lowest BCUT2D eigenvalue weighted by molar-refractivity contribution is -0.117. The lowest BCUT2D eigenvalue weighted by atomic mass is 9.49. The summed E-state index contributed by atoms with van der Waals surface area (Å²) in [4.78, 5) is 26.5. The molecular formula is C22H27B6N5O3. The van der Waals surface area contributed by atoms with Gasteiger partial charge in [-0.3, -0.25) is 4.79 Å². The van der Waals surface area contributed by atoms with Crippen molar-refractivity contribution >= 4 is 86.5 Å². The van der Waals surface area contributed by atoms with Crippen molar-refractivity contribution in [3.63, 3.8) is 0 Å². The van der Waals surface area contributed by atoms with E-state index >= 15 is 0 Å². The molecule has 1 fully saturated rings. The van der Waals surface area contributed by atoms with Gasteiger partial charge in [0.25, 0.3) is 0 Å². The zero-order valence-corrected chi connectivity index (χ0v) is 21.9. The fourth-order valence-electron chi connectivity index (χ4n) is 4.17. The van der Waals surface area contributed by atoms with Gasteiger partial charge in [-0.1, -0.05) is 6.92 Å². The minimum atomic E-state index is -0.317. The smallest absolute Gasteiger partial charge is 0.229 e. The van der Waals surface area contributed by atoms with E-state index in [1.54, 1.807) is 12.4 Å². The Morgan fingerprint density at radius 2 is 1.83 bits per heavy atom. The molecule has 3 heterocycles. The number of oxazole rings is 1. The van der Waals surface area contributed by atoms with E-state index in [0.29, 0.717) is 34.5 Å². The number of nitrogens with zero attached hydrogens (tertiary/aromatic N) is 3. The maximum atomic E-state index is 12.6. The van der Waals surface area contributed by atoms with Crippen LogP contribution in [0, 0.1) is 11.8 Å². The highest BCUT2D eigenvalue weighted by molar-refractivity contribution is 6.60. The number of amides is 1. The predicted molar refractivity (Wildman–Crippen MR) is 159 cm³/mol. The first-order valence-corrected chi connectivity index (χ1v) is 12.3. The van der Waals surface area contributed by atoms with E-state index in [1.807, 2.05) is 47.8 Å². The third-order valence-electron chi connectivity index (χ3n) is 5.98. The van der Waals surface area contributed by atoms with E-state index in [2.05, 4.69) is 51.1 Å². The molecule has 36 heavy (non-hydrogen) atoms. The average Bonchev–Trinajstić information content (AvgIpc) is 3.35. The summed E-state index contributed by atoms with van der Waals surface area (Å²) in [6.07, 6.45) is 4.41. The number of hydrogen-bond acceptors (Lipinski definition) is 7. The Morgan fingerprint density at radius 1 is 1.08 bits per heavy atom. The van der Waals surface area contributed by atoms with Crippen LogP contribution in [0.4, 0.5) is 11.6 Å². The maximum absolute atomic E-state index is 12.6. The van der Waals surface area contributed by atoms with Crippen LogP contribution in [0.15, 0.2) is 41.1 Å². The van der Waals surface area contributed by atoms with Crippen LogP contribution in [0.25, 0.3) is 33.3 Å². The van der Waals surface area contributed by atoms with Gasteiger partial charge in [0.1, 0.15) is 70.0 Å². The summed E-state index contributed by atoms with van der Waals surface area (Å²) in [5, 5.41) is 7.56. The fraction of sp³-hybridized carbons (Fsp3) is 0.273. The molecule has 1 saturated carbocycles. The van der Waals surface area contributed by atoms with E-state index in [1.165, 1.54) is 0 Å².